The third kappa shape index (κ3) is 2.54. The lowest BCUT2D eigenvalue weighted by atomic mass is 10.2. The van der Waals surface area contributed by atoms with Gasteiger partial charge in [0.15, 0.2) is 5.82 Å². The van der Waals surface area contributed by atoms with Crippen molar-refractivity contribution in [2.24, 2.45) is 5.73 Å². The van der Waals surface area contributed by atoms with Crippen LogP contribution in [0.25, 0.3) is 5.82 Å². The van der Waals surface area contributed by atoms with E-state index in [4.69, 9.17) is 5.73 Å². The van der Waals surface area contributed by atoms with E-state index >= 15 is 0 Å². The minimum atomic E-state index is 0.653. The van der Waals surface area contributed by atoms with Crippen molar-refractivity contribution < 1.29 is 0 Å². The third-order valence-electron chi connectivity index (χ3n) is 2.03. The van der Waals surface area contributed by atoms with Gasteiger partial charge < -0.3 is 5.73 Å². The summed E-state index contributed by atoms with van der Waals surface area (Å²) in [5, 5.41) is 4.18. The molecule has 0 aliphatic carbocycles. The molecule has 2 heterocycles. The summed E-state index contributed by atoms with van der Waals surface area (Å²) in [6, 6.07) is 3.98. The first kappa shape index (κ1) is 10.6. The standard InChI is InChI=1S/C10H11IN4/c11-9-6-14-15(7-9)10-2-1-8(3-4-12)5-13-10/h1-2,5-7H,3-4,12H2. The molecule has 2 aromatic heterocycles. The van der Waals surface area contributed by atoms with Gasteiger partial charge in [0, 0.05) is 12.4 Å². The van der Waals surface area contributed by atoms with Crippen molar-refractivity contribution in [3.63, 3.8) is 0 Å². The Hall–Kier alpha value is -0.950. The van der Waals surface area contributed by atoms with E-state index in [9.17, 15) is 0 Å². The van der Waals surface area contributed by atoms with Crippen molar-refractivity contribution in [1.29, 1.82) is 0 Å². The summed E-state index contributed by atoms with van der Waals surface area (Å²) in [4.78, 5) is 4.32. The second-order valence-electron chi connectivity index (χ2n) is 3.17. The van der Waals surface area contributed by atoms with Crippen molar-refractivity contribution >= 4 is 22.6 Å². The number of hydrogen-bond acceptors (Lipinski definition) is 3. The van der Waals surface area contributed by atoms with Gasteiger partial charge in [-0.15, -0.1) is 0 Å². The van der Waals surface area contributed by atoms with Gasteiger partial charge in [0.1, 0.15) is 0 Å². The molecule has 0 spiro atoms. The lowest BCUT2D eigenvalue weighted by Crippen LogP contribution is -2.04. The fourth-order valence-corrected chi connectivity index (χ4v) is 1.68. The largest absolute Gasteiger partial charge is 0.330 e. The first-order chi connectivity index (χ1) is 7.29. The topological polar surface area (TPSA) is 56.7 Å². The summed E-state index contributed by atoms with van der Waals surface area (Å²) in [5.74, 6) is 0.832. The number of pyridine rings is 1. The number of hydrogen-bond donors (Lipinski definition) is 1. The molecular formula is C10H11IN4. The summed E-state index contributed by atoms with van der Waals surface area (Å²) in [6.07, 6.45) is 6.45. The lowest BCUT2D eigenvalue weighted by Gasteiger charge is -2.01. The van der Waals surface area contributed by atoms with Gasteiger partial charge in [0.25, 0.3) is 0 Å². The summed E-state index contributed by atoms with van der Waals surface area (Å²) in [6.45, 7) is 0.653. The molecule has 0 unspecified atom stereocenters. The Morgan fingerprint density at radius 3 is 2.73 bits per heavy atom. The van der Waals surface area contributed by atoms with Crippen LogP contribution in [0.1, 0.15) is 5.56 Å². The molecule has 0 aliphatic heterocycles. The minimum absolute atomic E-state index is 0.653. The molecule has 2 rings (SSSR count). The first-order valence-electron chi connectivity index (χ1n) is 4.65. The van der Waals surface area contributed by atoms with Crippen molar-refractivity contribution in [2.75, 3.05) is 6.54 Å². The van der Waals surface area contributed by atoms with E-state index in [2.05, 4.69) is 32.7 Å². The highest BCUT2D eigenvalue weighted by atomic mass is 127. The Morgan fingerprint density at radius 1 is 1.33 bits per heavy atom. The van der Waals surface area contributed by atoms with Crippen LogP contribution in [-0.2, 0) is 6.42 Å². The number of nitrogens with zero attached hydrogens (tertiary/aromatic N) is 3. The molecule has 5 heteroatoms. The molecule has 0 aromatic carbocycles. The fraction of sp³-hybridized carbons (Fsp3) is 0.200. The highest BCUT2D eigenvalue weighted by Gasteiger charge is 2.00. The SMILES string of the molecule is NCCc1ccc(-n2cc(I)cn2)nc1. The number of rotatable bonds is 3. The molecule has 0 atom stereocenters. The molecule has 0 bridgehead atoms. The van der Waals surface area contributed by atoms with Crippen LogP contribution in [-0.4, -0.2) is 21.3 Å². The van der Waals surface area contributed by atoms with Gasteiger partial charge in [-0.1, -0.05) is 6.07 Å². The summed E-state index contributed by atoms with van der Waals surface area (Å²) in [7, 11) is 0. The van der Waals surface area contributed by atoms with Gasteiger partial charge in [-0.3, -0.25) is 0 Å². The molecule has 0 fully saturated rings. The second-order valence-corrected chi connectivity index (χ2v) is 4.41. The quantitative estimate of drug-likeness (QED) is 0.871. The predicted octanol–water partition coefficient (Wildman–Crippen LogP) is 1.37. The van der Waals surface area contributed by atoms with Crippen LogP contribution >= 0.6 is 22.6 Å². The van der Waals surface area contributed by atoms with Crippen molar-refractivity contribution in [1.82, 2.24) is 14.8 Å². The maximum atomic E-state index is 5.47. The maximum absolute atomic E-state index is 5.47. The molecule has 15 heavy (non-hydrogen) atoms. The highest BCUT2D eigenvalue weighted by Crippen LogP contribution is 2.08. The average Bonchev–Trinajstić information content (AvgIpc) is 2.67. The van der Waals surface area contributed by atoms with E-state index in [0.29, 0.717) is 6.54 Å². The van der Waals surface area contributed by atoms with Crippen LogP contribution in [0.15, 0.2) is 30.7 Å². The molecular weight excluding hydrogens is 303 g/mol. The van der Waals surface area contributed by atoms with Crippen LogP contribution < -0.4 is 5.73 Å². The monoisotopic (exact) mass is 314 g/mol. The normalized spacial score (nSPS) is 10.5. The first-order valence-corrected chi connectivity index (χ1v) is 5.73. The van der Waals surface area contributed by atoms with Crippen molar-refractivity contribution in [3.8, 4) is 5.82 Å². The zero-order valence-electron chi connectivity index (χ0n) is 8.10. The van der Waals surface area contributed by atoms with Gasteiger partial charge in [0.05, 0.1) is 9.77 Å². The predicted molar refractivity (Wildman–Crippen MR) is 66.8 cm³/mol. The fourth-order valence-electron chi connectivity index (χ4n) is 1.29. The molecule has 0 amide bonds. The zero-order chi connectivity index (χ0) is 10.7. The number of nitrogens with two attached hydrogens (primary N) is 1. The molecule has 2 N–H and O–H groups in total. The van der Waals surface area contributed by atoms with E-state index in [1.165, 1.54) is 0 Å². The van der Waals surface area contributed by atoms with Crippen LogP contribution in [0.2, 0.25) is 0 Å². The van der Waals surface area contributed by atoms with E-state index < -0.39 is 0 Å². The molecule has 4 nitrogen and oxygen atoms in total. The van der Waals surface area contributed by atoms with Gasteiger partial charge in [-0.05, 0) is 47.2 Å². The van der Waals surface area contributed by atoms with Crippen molar-refractivity contribution in [3.05, 3.63) is 39.9 Å². The van der Waals surface area contributed by atoms with E-state index in [0.717, 1.165) is 21.4 Å². The Balaban J connectivity index is 2.23. The molecule has 0 saturated carbocycles. The Labute approximate surface area is 102 Å². The summed E-state index contributed by atoms with van der Waals surface area (Å²) >= 11 is 2.22. The van der Waals surface area contributed by atoms with Crippen LogP contribution in [0.3, 0.4) is 0 Å². The molecule has 0 radical (unpaired) electrons. The van der Waals surface area contributed by atoms with E-state index in [1.807, 2.05) is 24.5 Å². The van der Waals surface area contributed by atoms with Gasteiger partial charge in [-0.2, -0.15) is 5.10 Å². The molecule has 0 aliphatic rings. The van der Waals surface area contributed by atoms with Gasteiger partial charge in [0.2, 0.25) is 0 Å². The summed E-state index contributed by atoms with van der Waals surface area (Å²) < 4.78 is 2.86. The van der Waals surface area contributed by atoms with E-state index in [1.54, 1.807) is 10.9 Å². The average molecular weight is 314 g/mol. The van der Waals surface area contributed by atoms with Gasteiger partial charge >= 0.3 is 0 Å². The molecule has 0 saturated heterocycles. The Bertz CT molecular complexity index is 435. The molecule has 78 valence electrons. The lowest BCUT2D eigenvalue weighted by molar-refractivity contribution is 0.840. The maximum Gasteiger partial charge on any atom is 0.153 e. The second kappa shape index (κ2) is 4.71. The van der Waals surface area contributed by atoms with E-state index in [-0.39, 0.29) is 0 Å². The number of halogens is 1. The smallest absolute Gasteiger partial charge is 0.153 e. The third-order valence-corrected chi connectivity index (χ3v) is 2.59. The Kier molecular flexibility index (Phi) is 3.32. The minimum Gasteiger partial charge on any atom is -0.330 e. The zero-order valence-corrected chi connectivity index (χ0v) is 10.3. The van der Waals surface area contributed by atoms with Crippen molar-refractivity contribution in [2.45, 2.75) is 6.42 Å². The van der Waals surface area contributed by atoms with Crippen LogP contribution in [0, 0.1) is 3.57 Å². The molecule has 2 aromatic rings. The van der Waals surface area contributed by atoms with Crippen LogP contribution in [0.5, 0.6) is 0 Å². The number of aromatic nitrogens is 3. The van der Waals surface area contributed by atoms with Gasteiger partial charge in [-0.25, -0.2) is 9.67 Å². The van der Waals surface area contributed by atoms with Crippen LogP contribution in [0.4, 0.5) is 0 Å². The Morgan fingerprint density at radius 2 is 2.20 bits per heavy atom. The summed E-state index contributed by atoms with van der Waals surface area (Å²) in [5.41, 5.74) is 6.62. The highest BCUT2D eigenvalue weighted by molar-refractivity contribution is 14.1.